The predicted molar refractivity (Wildman–Crippen MR) is 165 cm³/mol. The number of ether oxygens (including phenoxy) is 1. The lowest BCUT2D eigenvalue weighted by Gasteiger charge is -2.44. The van der Waals surface area contributed by atoms with Gasteiger partial charge in [-0.05, 0) is 84.9 Å². The van der Waals surface area contributed by atoms with Crippen LogP contribution in [-0.2, 0) is 31.7 Å². The van der Waals surface area contributed by atoms with E-state index in [1.54, 1.807) is 31.2 Å². The van der Waals surface area contributed by atoms with Crippen molar-refractivity contribution in [2.75, 3.05) is 14.1 Å². The number of aliphatic hydroxyl groups excluding tert-OH is 1. The molecule has 2 aromatic carbocycles. The summed E-state index contributed by atoms with van der Waals surface area (Å²) in [6.45, 7) is 7.74. The van der Waals surface area contributed by atoms with Crippen molar-refractivity contribution in [3.8, 4) is 11.5 Å². The molecule has 1 fully saturated rings. The molecule has 0 aromatic heterocycles. The molecule has 1 aliphatic heterocycles. The van der Waals surface area contributed by atoms with E-state index in [0.29, 0.717) is 18.4 Å². The SMILES string of the molecule is Cc1cc(SC2=C(O)CC(CCc3ccc(O)cc3)(C3CCCCC3)OC2=O)c(C(C)(C)C)cc1OS(=O)(=O)N(C)C. The van der Waals surface area contributed by atoms with Gasteiger partial charge >= 0.3 is 16.3 Å². The second kappa shape index (κ2) is 12.5. The van der Waals surface area contributed by atoms with Gasteiger partial charge in [-0.2, -0.15) is 12.7 Å². The molecule has 8 nitrogen and oxygen atoms in total. The van der Waals surface area contributed by atoms with Crippen LogP contribution in [0.4, 0.5) is 0 Å². The number of rotatable bonds is 9. The number of hydrogen-bond acceptors (Lipinski definition) is 8. The number of thioether (sulfide) groups is 1. The number of nitrogens with zero attached hydrogens (tertiary/aromatic N) is 1. The van der Waals surface area contributed by atoms with Crippen LogP contribution in [-0.4, -0.2) is 48.6 Å². The number of phenolic OH excluding ortho intramolecular Hbond substituents is 1. The Hall–Kier alpha value is -2.69. The van der Waals surface area contributed by atoms with E-state index in [-0.39, 0.29) is 34.5 Å². The summed E-state index contributed by atoms with van der Waals surface area (Å²) in [5.74, 6) is 0.0703. The van der Waals surface area contributed by atoms with Crippen molar-refractivity contribution in [3.63, 3.8) is 0 Å². The predicted octanol–water partition coefficient (Wildman–Crippen LogP) is 6.94. The fourth-order valence-electron chi connectivity index (χ4n) is 5.79. The van der Waals surface area contributed by atoms with Crippen molar-refractivity contribution in [3.05, 3.63) is 63.8 Å². The molecule has 1 saturated carbocycles. The highest BCUT2D eigenvalue weighted by atomic mass is 32.2. The van der Waals surface area contributed by atoms with E-state index < -0.39 is 27.3 Å². The Balaban J connectivity index is 1.67. The molecule has 0 spiro atoms. The quantitative estimate of drug-likeness (QED) is 0.291. The molecular weight excluding hydrogens is 574 g/mol. The van der Waals surface area contributed by atoms with E-state index in [4.69, 9.17) is 8.92 Å². The first kappa shape index (κ1) is 32.2. The van der Waals surface area contributed by atoms with Crippen molar-refractivity contribution in [1.82, 2.24) is 4.31 Å². The lowest BCUT2D eigenvalue weighted by Crippen LogP contribution is -2.47. The highest BCUT2D eigenvalue weighted by molar-refractivity contribution is 8.04. The molecule has 0 bridgehead atoms. The Morgan fingerprint density at radius 1 is 1.07 bits per heavy atom. The fourth-order valence-corrected chi connectivity index (χ4v) is 7.59. The largest absolute Gasteiger partial charge is 0.511 e. The van der Waals surface area contributed by atoms with E-state index in [2.05, 4.69) is 0 Å². The molecule has 4 rings (SSSR count). The summed E-state index contributed by atoms with van der Waals surface area (Å²) in [7, 11) is -1.15. The van der Waals surface area contributed by atoms with E-state index in [1.807, 2.05) is 32.9 Å². The maximum absolute atomic E-state index is 13.7. The van der Waals surface area contributed by atoms with Crippen molar-refractivity contribution >= 4 is 28.0 Å². The molecule has 10 heteroatoms. The third kappa shape index (κ3) is 7.26. The zero-order valence-corrected chi connectivity index (χ0v) is 27.0. The molecule has 1 heterocycles. The lowest BCUT2D eigenvalue weighted by molar-refractivity contribution is -0.168. The minimum atomic E-state index is -3.95. The topological polar surface area (TPSA) is 113 Å². The number of carbonyl (C=O) groups is 1. The summed E-state index contributed by atoms with van der Waals surface area (Å²) in [6, 6.07) is 10.6. The zero-order chi connectivity index (χ0) is 30.9. The Labute approximate surface area is 254 Å². The Bertz CT molecular complexity index is 1440. The minimum absolute atomic E-state index is 0.0283. The maximum atomic E-state index is 13.7. The number of aromatic hydroxyl groups is 1. The number of aliphatic hydroxyl groups is 1. The first-order valence-electron chi connectivity index (χ1n) is 14.5. The molecule has 0 radical (unpaired) electrons. The van der Waals surface area contributed by atoms with E-state index >= 15 is 0 Å². The molecular formula is C32H43NO7S2. The molecule has 2 N–H and O–H groups in total. The van der Waals surface area contributed by atoms with Gasteiger partial charge in [-0.25, -0.2) is 4.79 Å². The second-order valence-corrected chi connectivity index (χ2v) is 15.5. The number of cyclic esters (lactones) is 1. The van der Waals surface area contributed by atoms with Gasteiger partial charge in [0.25, 0.3) is 0 Å². The summed E-state index contributed by atoms with van der Waals surface area (Å²) in [5, 5.41) is 21.1. The van der Waals surface area contributed by atoms with Gasteiger partial charge in [-0.15, -0.1) is 0 Å². The van der Waals surface area contributed by atoms with Gasteiger partial charge < -0.3 is 19.1 Å². The smallest absolute Gasteiger partial charge is 0.384 e. The monoisotopic (exact) mass is 617 g/mol. The molecule has 230 valence electrons. The number of esters is 1. The lowest BCUT2D eigenvalue weighted by atomic mass is 9.71. The Kier molecular flexibility index (Phi) is 9.59. The highest BCUT2D eigenvalue weighted by Gasteiger charge is 2.48. The number of phenols is 1. The van der Waals surface area contributed by atoms with Crippen molar-refractivity contribution < 1.29 is 32.3 Å². The number of carbonyl (C=O) groups excluding carboxylic acids is 1. The van der Waals surface area contributed by atoms with Gasteiger partial charge in [0.15, 0.2) is 0 Å². The van der Waals surface area contributed by atoms with Crippen LogP contribution in [0.2, 0.25) is 0 Å². The molecule has 2 aliphatic rings. The van der Waals surface area contributed by atoms with Crippen LogP contribution in [0, 0.1) is 12.8 Å². The maximum Gasteiger partial charge on any atom is 0.384 e. The summed E-state index contributed by atoms with van der Waals surface area (Å²) in [6.07, 6.45) is 6.68. The molecule has 2 aromatic rings. The van der Waals surface area contributed by atoms with Gasteiger partial charge in [0.1, 0.15) is 27.8 Å². The summed E-state index contributed by atoms with van der Waals surface area (Å²) < 4.78 is 37.6. The fraction of sp³-hybridized carbons (Fsp3) is 0.531. The zero-order valence-electron chi connectivity index (χ0n) is 25.4. The summed E-state index contributed by atoms with van der Waals surface area (Å²) >= 11 is 1.16. The standard InChI is InChI=1S/C32H43NO7S2/c1-21-18-28(25(31(2,3)4)19-27(21)40-42(37,38)33(5)6)41-29-26(35)20-32(39-30(29)36,23-10-8-7-9-11-23)17-16-22-12-14-24(34)15-13-22/h12-15,18-19,23,34-35H,7-11,16-17,20H2,1-6H3. The van der Waals surface area contributed by atoms with Crippen molar-refractivity contribution in [1.29, 1.82) is 0 Å². The highest BCUT2D eigenvalue weighted by Crippen LogP contribution is 2.49. The molecule has 0 amide bonds. The minimum Gasteiger partial charge on any atom is -0.511 e. The normalized spacial score (nSPS) is 20.6. The van der Waals surface area contributed by atoms with Crippen LogP contribution >= 0.6 is 11.8 Å². The first-order chi connectivity index (χ1) is 19.6. The molecule has 1 unspecified atom stereocenters. The number of benzene rings is 2. The van der Waals surface area contributed by atoms with Gasteiger partial charge in [-0.1, -0.05) is 63.9 Å². The summed E-state index contributed by atoms with van der Waals surface area (Å²) in [4.78, 5) is 14.6. The van der Waals surface area contributed by atoms with Crippen LogP contribution in [0.1, 0.15) is 82.4 Å². The van der Waals surface area contributed by atoms with Crippen molar-refractivity contribution in [2.24, 2.45) is 5.92 Å². The number of aryl methyl sites for hydroxylation is 2. The Morgan fingerprint density at radius 3 is 2.29 bits per heavy atom. The van der Waals surface area contributed by atoms with Gasteiger partial charge in [0, 0.05) is 25.4 Å². The summed E-state index contributed by atoms with van der Waals surface area (Å²) in [5.41, 5.74) is 1.19. The average Bonchev–Trinajstić information content (AvgIpc) is 2.91. The van der Waals surface area contributed by atoms with Crippen LogP contribution in [0.15, 0.2) is 52.0 Å². The third-order valence-electron chi connectivity index (χ3n) is 8.27. The van der Waals surface area contributed by atoms with E-state index in [9.17, 15) is 23.4 Å². The van der Waals surface area contributed by atoms with E-state index in [0.717, 1.165) is 64.2 Å². The number of hydrogen-bond donors (Lipinski definition) is 2. The average molecular weight is 618 g/mol. The Morgan fingerprint density at radius 2 is 1.71 bits per heavy atom. The van der Waals surface area contributed by atoms with Gasteiger partial charge in [-0.3, -0.25) is 0 Å². The first-order valence-corrected chi connectivity index (χ1v) is 16.7. The van der Waals surface area contributed by atoms with Crippen molar-refractivity contribution in [2.45, 2.75) is 95.0 Å². The van der Waals surface area contributed by atoms with Crippen LogP contribution in [0.25, 0.3) is 0 Å². The van der Waals surface area contributed by atoms with E-state index in [1.165, 1.54) is 14.1 Å². The van der Waals surface area contributed by atoms with Gasteiger partial charge in [0.05, 0.1) is 0 Å². The van der Waals surface area contributed by atoms with Gasteiger partial charge in [0.2, 0.25) is 0 Å². The van der Waals surface area contributed by atoms with Crippen LogP contribution in [0.5, 0.6) is 11.5 Å². The molecule has 0 saturated heterocycles. The third-order valence-corrected chi connectivity index (χ3v) is 10.7. The second-order valence-electron chi connectivity index (χ2n) is 12.7. The molecule has 1 aliphatic carbocycles. The van der Waals surface area contributed by atoms with Crippen LogP contribution in [0.3, 0.4) is 0 Å². The molecule has 42 heavy (non-hydrogen) atoms. The molecule has 1 atom stereocenters. The van der Waals surface area contributed by atoms with Crippen LogP contribution < -0.4 is 4.18 Å².